The first-order chi connectivity index (χ1) is 13.7. The van der Waals surface area contributed by atoms with Gasteiger partial charge in [-0.25, -0.2) is 0 Å². The van der Waals surface area contributed by atoms with Crippen molar-refractivity contribution in [3.05, 3.63) is 60.4 Å². The second-order valence-electron chi connectivity index (χ2n) is 7.51. The van der Waals surface area contributed by atoms with Gasteiger partial charge in [-0.3, -0.25) is 4.98 Å². The van der Waals surface area contributed by atoms with Crippen LogP contribution in [-0.2, 0) is 13.0 Å². The number of para-hydroxylation sites is 1. The molecule has 138 valence electrons. The topological polar surface area (TPSA) is 77.0 Å². The van der Waals surface area contributed by atoms with Crippen LogP contribution in [0.4, 0.5) is 0 Å². The van der Waals surface area contributed by atoms with Crippen LogP contribution in [0.3, 0.4) is 0 Å². The lowest BCUT2D eigenvalue weighted by molar-refractivity contribution is 0.426. The lowest BCUT2D eigenvalue weighted by Crippen LogP contribution is -2.06. The van der Waals surface area contributed by atoms with Gasteiger partial charge in [-0.05, 0) is 48.2 Å². The van der Waals surface area contributed by atoms with Gasteiger partial charge < -0.3 is 19.8 Å². The molecule has 2 aromatic carbocycles. The summed E-state index contributed by atoms with van der Waals surface area (Å²) in [5.74, 6) is -0.0388. The number of aryl methyl sites for hydroxylation is 2. The number of hydrogen-bond donors (Lipinski definition) is 4. The number of aromatic hydroxyl groups is 2. The fraction of sp³-hybridized carbons (Fsp3) is 0.130. The summed E-state index contributed by atoms with van der Waals surface area (Å²) in [6.07, 6.45) is 6.15. The van der Waals surface area contributed by atoms with Gasteiger partial charge in [0.15, 0.2) is 11.8 Å². The lowest BCUT2D eigenvalue weighted by atomic mass is 9.93. The van der Waals surface area contributed by atoms with Gasteiger partial charge in [0.05, 0.1) is 16.6 Å². The van der Waals surface area contributed by atoms with Crippen molar-refractivity contribution < 1.29 is 10.2 Å². The summed E-state index contributed by atoms with van der Waals surface area (Å²) < 4.78 is 2.30. The van der Waals surface area contributed by atoms with Crippen LogP contribution in [0.2, 0.25) is 0 Å². The number of hydrogen-bond acceptors (Lipinski definition) is 2. The fourth-order valence-electron chi connectivity index (χ4n) is 4.70. The monoisotopic (exact) mass is 369 g/mol. The molecule has 4 N–H and O–H groups in total. The quantitative estimate of drug-likeness (QED) is 0.348. The average Bonchev–Trinajstić information content (AvgIpc) is 3.38. The Morgan fingerprint density at radius 1 is 0.964 bits per heavy atom. The number of nitrogens with one attached hydrogen (secondary N) is 2. The van der Waals surface area contributed by atoms with E-state index in [1.165, 1.54) is 11.1 Å². The van der Waals surface area contributed by atoms with Crippen LogP contribution in [0.15, 0.2) is 54.9 Å². The van der Waals surface area contributed by atoms with Gasteiger partial charge in [0.1, 0.15) is 0 Å². The third-order valence-corrected chi connectivity index (χ3v) is 5.89. The molecule has 1 aliphatic rings. The maximum atomic E-state index is 10.7. The van der Waals surface area contributed by atoms with Gasteiger partial charge in [0.25, 0.3) is 0 Å². The highest BCUT2D eigenvalue weighted by Crippen LogP contribution is 2.47. The van der Waals surface area contributed by atoms with E-state index in [1.807, 2.05) is 30.5 Å². The van der Waals surface area contributed by atoms with Crippen LogP contribution < -0.4 is 0 Å². The SMILES string of the molecule is Oc1[nH]c(O)c(-c2c[nH]c3ccccc23)c1-c1cc2c3c(ccn3CCC2)c1. The summed E-state index contributed by atoms with van der Waals surface area (Å²) in [4.78, 5) is 5.98. The van der Waals surface area contributed by atoms with E-state index in [-0.39, 0.29) is 11.8 Å². The second kappa shape index (κ2) is 5.45. The van der Waals surface area contributed by atoms with Crippen LogP contribution in [0, 0.1) is 0 Å². The Labute approximate surface area is 160 Å². The Balaban J connectivity index is 1.65. The van der Waals surface area contributed by atoms with Gasteiger partial charge in [-0.2, -0.15) is 0 Å². The molecule has 0 bridgehead atoms. The highest BCUT2D eigenvalue weighted by Gasteiger charge is 2.24. The Hall–Kier alpha value is -3.60. The zero-order valence-electron chi connectivity index (χ0n) is 15.2. The van der Waals surface area contributed by atoms with Crippen molar-refractivity contribution >= 4 is 21.8 Å². The molecular formula is C23H19N3O2. The van der Waals surface area contributed by atoms with Crippen LogP contribution in [0.1, 0.15) is 12.0 Å². The molecule has 5 aromatic rings. The van der Waals surface area contributed by atoms with Crippen LogP contribution in [0.25, 0.3) is 44.1 Å². The van der Waals surface area contributed by atoms with E-state index < -0.39 is 0 Å². The predicted octanol–water partition coefficient (Wildman–Crippen LogP) is 5.14. The largest absolute Gasteiger partial charge is 0.494 e. The molecule has 0 fully saturated rings. The molecule has 0 saturated carbocycles. The molecule has 1 aliphatic heterocycles. The molecule has 0 atom stereocenters. The van der Waals surface area contributed by atoms with Gasteiger partial charge >= 0.3 is 0 Å². The summed E-state index contributed by atoms with van der Waals surface area (Å²) in [6, 6.07) is 14.3. The molecule has 6 rings (SSSR count). The maximum absolute atomic E-state index is 10.7. The predicted molar refractivity (Wildman–Crippen MR) is 111 cm³/mol. The third kappa shape index (κ3) is 2.01. The van der Waals surface area contributed by atoms with E-state index in [0.717, 1.165) is 46.8 Å². The van der Waals surface area contributed by atoms with Gasteiger partial charge in [-0.1, -0.05) is 18.2 Å². The zero-order chi connectivity index (χ0) is 18.8. The number of fused-ring (bicyclic) bond motifs is 1. The van der Waals surface area contributed by atoms with Crippen molar-refractivity contribution in [3.8, 4) is 34.0 Å². The molecule has 3 aromatic heterocycles. The summed E-state index contributed by atoms with van der Waals surface area (Å²) in [5.41, 5.74) is 6.60. The van der Waals surface area contributed by atoms with Gasteiger partial charge in [0, 0.05) is 40.8 Å². The molecule has 0 unspecified atom stereocenters. The maximum Gasteiger partial charge on any atom is 0.200 e. The standard InChI is InChI=1S/C23H19N3O2/c27-22-19(15-10-13-4-3-8-26-9-7-14(11-15)21(13)26)20(23(28)25-22)17-12-24-18-6-2-1-5-16(17)18/h1-2,5-7,9-12,24-25,27-28H,3-4,8H2. The highest BCUT2D eigenvalue weighted by atomic mass is 16.3. The molecule has 0 radical (unpaired) electrons. The summed E-state index contributed by atoms with van der Waals surface area (Å²) in [7, 11) is 0. The normalized spacial score (nSPS) is 13.6. The van der Waals surface area contributed by atoms with Crippen molar-refractivity contribution in [1.29, 1.82) is 0 Å². The number of nitrogens with zero attached hydrogens (tertiary/aromatic N) is 1. The van der Waals surface area contributed by atoms with E-state index in [0.29, 0.717) is 11.1 Å². The molecule has 5 heteroatoms. The Morgan fingerprint density at radius 3 is 2.75 bits per heavy atom. The minimum atomic E-state index is -0.0245. The first-order valence-corrected chi connectivity index (χ1v) is 9.53. The van der Waals surface area contributed by atoms with Crippen LogP contribution >= 0.6 is 0 Å². The molecule has 28 heavy (non-hydrogen) atoms. The minimum Gasteiger partial charge on any atom is -0.494 e. The molecule has 5 nitrogen and oxygen atoms in total. The van der Waals surface area contributed by atoms with Crippen molar-refractivity contribution in [3.63, 3.8) is 0 Å². The molecular weight excluding hydrogens is 350 g/mol. The number of benzene rings is 2. The number of H-pyrrole nitrogens is 2. The molecule has 0 saturated heterocycles. The van der Waals surface area contributed by atoms with Gasteiger partial charge in [-0.15, -0.1) is 0 Å². The fourth-order valence-corrected chi connectivity index (χ4v) is 4.70. The van der Waals surface area contributed by atoms with Crippen molar-refractivity contribution in [1.82, 2.24) is 14.5 Å². The minimum absolute atomic E-state index is 0.0143. The van der Waals surface area contributed by atoms with E-state index in [1.54, 1.807) is 0 Å². The first kappa shape index (κ1) is 15.5. The van der Waals surface area contributed by atoms with E-state index in [2.05, 4.69) is 38.9 Å². The lowest BCUT2D eigenvalue weighted by Gasteiger charge is -2.17. The van der Waals surface area contributed by atoms with Crippen LogP contribution in [0.5, 0.6) is 11.8 Å². The molecule has 0 amide bonds. The number of aromatic amines is 2. The molecule has 4 heterocycles. The molecule has 0 aliphatic carbocycles. The highest BCUT2D eigenvalue weighted by molar-refractivity contribution is 6.04. The van der Waals surface area contributed by atoms with Gasteiger partial charge in [0.2, 0.25) is 0 Å². The van der Waals surface area contributed by atoms with Crippen molar-refractivity contribution in [2.45, 2.75) is 19.4 Å². The van der Waals surface area contributed by atoms with Crippen LogP contribution in [-0.4, -0.2) is 24.7 Å². The van der Waals surface area contributed by atoms with E-state index >= 15 is 0 Å². The third-order valence-electron chi connectivity index (χ3n) is 5.89. The smallest absolute Gasteiger partial charge is 0.200 e. The molecule has 0 spiro atoms. The van der Waals surface area contributed by atoms with E-state index in [4.69, 9.17) is 0 Å². The summed E-state index contributed by atoms with van der Waals surface area (Å²) in [5, 5.41) is 23.5. The second-order valence-corrected chi connectivity index (χ2v) is 7.51. The Morgan fingerprint density at radius 2 is 1.82 bits per heavy atom. The summed E-state index contributed by atoms with van der Waals surface area (Å²) in [6.45, 7) is 1.05. The first-order valence-electron chi connectivity index (χ1n) is 9.53. The number of rotatable bonds is 2. The number of aromatic nitrogens is 3. The van der Waals surface area contributed by atoms with E-state index in [9.17, 15) is 10.2 Å². The van der Waals surface area contributed by atoms with Crippen molar-refractivity contribution in [2.75, 3.05) is 0 Å². The summed E-state index contributed by atoms with van der Waals surface area (Å²) >= 11 is 0. The Bertz CT molecular complexity index is 1370. The Kier molecular flexibility index (Phi) is 3.01. The average molecular weight is 369 g/mol. The zero-order valence-corrected chi connectivity index (χ0v) is 15.2. The van der Waals surface area contributed by atoms with Crippen molar-refractivity contribution in [2.24, 2.45) is 0 Å².